The highest BCUT2D eigenvalue weighted by atomic mass is 32.1. The van der Waals surface area contributed by atoms with Crippen molar-refractivity contribution in [2.45, 2.75) is 38.1 Å². The molecule has 0 N–H and O–H groups in total. The van der Waals surface area contributed by atoms with Crippen LogP contribution in [0.5, 0.6) is 0 Å². The fraction of sp³-hybridized carbons (Fsp3) is 0.500. The molecule has 4 rings (SSSR count). The maximum atomic E-state index is 12.8. The van der Waals surface area contributed by atoms with Crippen LogP contribution in [0.2, 0.25) is 0 Å². The van der Waals surface area contributed by atoms with Crippen molar-refractivity contribution in [3.63, 3.8) is 0 Å². The van der Waals surface area contributed by atoms with Crippen molar-refractivity contribution < 1.29 is 4.79 Å². The van der Waals surface area contributed by atoms with Crippen LogP contribution in [0.15, 0.2) is 47.8 Å². The molecule has 0 radical (unpaired) electrons. The van der Waals surface area contributed by atoms with Gasteiger partial charge in [-0.2, -0.15) is 0 Å². The molecule has 2 fully saturated rings. The maximum Gasteiger partial charge on any atom is 0.236 e. The fourth-order valence-electron chi connectivity index (χ4n) is 4.43. The number of amides is 1. The van der Waals surface area contributed by atoms with Gasteiger partial charge in [0.2, 0.25) is 5.91 Å². The van der Waals surface area contributed by atoms with E-state index in [0.717, 1.165) is 38.9 Å². The zero-order valence-corrected chi connectivity index (χ0v) is 16.2. The van der Waals surface area contributed by atoms with Crippen molar-refractivity contribution in [3.8, 4) is 0 Å². The molecule has 1 aromatic heterocycles. The Morgan fingerprint density at radius 2 is 1.81 bits per heavy atom. The third-order valence-electron chi connectivity index (χ3n) is 5.91. The SMILES string of the molecule is O=C(CN1CCC[C@H]1c1cccs1)N1CCC(Cc2ccccc2)CC1. The first-order valence-electron chi connectivity index (χ1n) is 9.89. The van der Waals surface area contributed by atoms with Crippen LogP contribution in [0.3, 0.4) is 0 Å². The fourth-order valence-corrected chi connectivity index (χ4v) is 5.32. The van der Waals surface area contributed by atoms with Gasteiger partial charge in [-0.1, -0.05) is 36.4 Å². The van der Waals surface area contributed by atoms with Gasteiger partial charge < -0.3 is 4.90 Å². The number of hydrogen-bond acceptors (Lipinski definition) is 3. The minimum Gasteiger partial charge on any atom is -0.342 e. The second-order valence-electron chi connectivity index (χ2n) is 7.66. The molecule has 2 aromatic rings. The first kappa shape index (κ1) is 17.7. The molecule has 1 atom stereocenters. The van der Waals surface area contributed by atoms with E-state index in [1.165, 1.54) is 23.3 Å². The Balaban J connectivity index is 1.27. The average molecular weight is 369 g/mol. The highest BCUT2D eigenvalue weighted by Gasteiger charge is 2.30. The third kappa shape index (κ3) is 4.18. The quantitative estimate of drug-likeness (QED) is 0.782. The molecule has 2 saturated heterocycles. The summed E-state index contributed by atoms with van der Waals surface area (Å²) < 4.78 is 0. The van der Waals surface area contributed by atoms with E-state index in [0.29, 0.717) is 24.4 Å². The van der Waals surface area contributed by atoms with E-state index in [4.69, 9.17) is 0 Å². The summed E-state index contributed by atoms with van der Waals surface area (Å²) in [4.78, 5) is 18.7. The standard InChI is InChI=1S/C22H28N2OS/c25-22(17-24-12-4-8-20(24)21-9-5-15-26-21)23-13-10-19(11-14-23)16-18-6-2-1-3-7-18/h1-3,5-7,9,15,19-20H,4,8,10-14,16-17H2/t20-/m0/s1. The molecule has 3 heterocycles. The first-order chi connectivity index (χ1) is 12.8. The topological polar surface area (TPSA) is 23.6 Å². The van der Waals surface area contributed by atoms with Gasteiger partial charge in [-0.15, -0.1) is 11.3 Å². The van der Waals surface area contributed by atoms with Gasteiger partial charge in [0.15, 0.2) is 0 Å². The number of rotatable bonds is 5. The van der Waals surface area contributed by atoms with Crippen molar-refractivity contribution in [1.29, 1.82) is 0 Å². The lowest BCUT2D eigenvalue weighted by molar-refractivity contribution is -0.134. The van der Waals surface area contributed by atoms with Gasteiger partial charge in [-0.3, -0.25) is 9.69 Å². The zero-order chi connectivity index (χ0) is 17.8. The Hall–Kier alpha value is -1.65. The lowest BCUT2D eigenvalue weighted by atomic mass is 9.90. The normalized spacial score (nSPS) is 22.0. The molecule has 3 nitrogen and oxygen atoms in total. The van der Waals surface area contributed by atoms with Crippen molar-refractivity contribution in [1.82, 2.24) is 9.80 Å². The molecule has 1 aromatic carbocycles. The van der Waals surface area contributed by atoms with Crippen LogP contribution in [0.25, 0.3) is 0 Å². The Bertz CT molecular complexity index is 692. The van der Waals surface area contributed by atoms with E-state index < -0.39 is 0 Å². The van der Waals surface area contributed by atoms with Crippen molar-refractivity contribution in [3.05, 3.63) is 58.3 Å². The van der Waals surface area contributed by atoms with Crippen LogP contribution < -0.4 is 0 Å². The van der Waals surface area contributed by atoms with Gasteiger partial charge in [-0.25, -0.2) is 0 Å². The molecule has 138 valence electrons. The van der Waals surface area contributed by atoms with Gasteiger partial charge in [0.1, 0.15) is 0 Å². The molecule has 0 bridgehead atoms. The molecule has 0 spiro atoms. The highest BCUT2D eigenvalue weighted by molar-refractivity contribution is 7.10. The number of carbonyl (C=O) groups excluding carboxylic acids is 1. The van der Waals surface area contributed by atoms with Gasteiger partial charge in [-0.05, 0) is 61.6 Å². The number of piperidine rings is 1. The number of carbonyl (C=O) groups is 1. The van der Waals surface area contributed by atoms with Crippen LogP contribution in [-0.4, -0.2) is 41.9 Å². The molecule has 2 aliphatic rings. The summed E-state index contributed by atoms with van der Waals surface area (Å²) in [5.74, 6) is 1.04. The molecule has 0 unspecified atom stereocenters. The number of nitrogens with zero attached hydrogens (tertiary/aromatic N) is 2. The molecule has 0 saturated carbocycles. The second kappa shape index (κ2) is 8.36. The van der Waals surface area contributed by atoms with Crippen molar-refractivity contribution in [2.75, 3.05) is 26.2 Å². The highest BCUT2D eigenvalue weighted by Crippen LogP contribution is 2.34. The van der Waals surface area contributed by atoms with Gasteiger partial charge in [0, 0.05) is 24.0 Å². The Morgan fingerprint density at radius 1 is 1.00 bits per heavy atom. The maximum absolute atomic E-state index is 12.8. The summed E-state index contributed by atoms with van der Waals surface area (Å²) in [5.41, 5.74) is 1.42. The molecular formula is C22H28N2OS. The van der Waals surface area contributed by atoms with E-state index in [1.807, 2.05) is 11.3 Å². The number of likely N-dealkylation sites (tertiary alicyclic amines) is 2. The van der Waals surface area contributed by atoms with Crippen LogP contribution in [-0.2, 0) is 11.2 Å². The van der Waals surface area contributed by atoms with E-state index in [-0.39, 0.29) is 0 Å². The predicted molar refractivity (Wildman–Crippen MR) is 107 cm³/mol. The Morgan fingerprint density at radius 3 is 2.54 bits per heavy atom. The number of hydrogen-bond donors (Lipinski definition) is 0. The summed E-state index contributed by atoms with van der Waals surface area (Å²) in [6.07, 6.45) is 5.81. The lowest BCUT2D eigenvalue weighted by Crippen LogP contribution is -2.44. The van der Waals surface area contributed by atoms with E-state index in [9.17, 15) is 4.79 Å². The number of benzene rings is 1. The second-order valence-corrected chi connectivity index (χ2v) is 8.64. The summed E-state index contributed by atoms with van der Waals surface area (Å²) in [6.45, 7) is 3.49. The Kier molecular flexibility index (Phi) is 5.71. The molecular weight excluding hydrogens is 340 g/mol. The van der Waals surface area contributed by atoms with E-state index in [2.05, 4.69) is 57.6 Å². The minimum atomic E-state index is 0.326. The van der Waals surface area contributed by atoms with Crippen molar-refractivity contribution in [2.24, 2.45) is 5.92 Å². The van der Waals surface area contributed by atoms with Crippen LogP contribution in [0.1, 0.15) is 42.2 Å². The minimum absolute atomic E-state index is 0.326. The predicted octanol–water partition coefficient (Wildman–Crippen LogP) is 4.37. The zero-order valence-electron chi connectivity index (χ0n) is 15.3. The summed E-state index contributed by atoms with van der Waals surface area (Å²) in [7, 11) is 0. The van der Waals surface area contributed by atoms with E-state index >= 15 is 0 Å². The van der Waals surface area contributed by atoms with Crippen LogP contribution >= 0.6 is 11.3 Å². The Labute approximate surface area is 160 Å². The monoisotopic (exact) mass is 368 g/mol. The van der Waals surface area contributed by atoms with Gasteiger partial charge >= 0.3 is 0 Å². The van der Waals surface area contributed by atoms with Gasteiger partial charge in [0.05, 0.1) is 6.54 Å². The van der Waals surface area contributed by atoms with Gasteiger partial charge in [0.25, 0.3) is 0 Å². The third-order valence-corrected chi connectivity index (χ3v) is 6.88. The summed E-state index contributed by atoms with van der Waals surface area (Å²) in [6, 6.07) is 15.5. The molecule has 26 heavy (non-hydrogen) atoms. The molecule has 4 heteroatoms. The summed E-state index contributed by atoms with van der Waals surface area (Å²) >= 11 is 1.82. The lowest BCUT2D eigenvalue weighted by Gasteiger charge is -2.34. The first-order valence-corrected chi connectivity index (χ1v) is 10.8. The average Bonchev–Trinajstić information content (AvgIpc) is 3.34. The molecule has 2 aliphatic heterocycles. The number of thiophene rings is 1. The van der Waals surface area contributed by atoms with Crippen molar-refractivity contribution >= 4 is 17.2 Å². The smallest absolute Gasteiger partial charge is 0.236 e. The van der Waals surface area contributed by atoms with E-state index in [1.54, 1.807) is 0 Å². The molecule has 1 amide bonds. The summed E-state index contributed by atoms with van der Waals surface area (Å²) in [5, 5.41) is 2.14. The molecule has 0 aliphatic carbocycles. The van der Waals surface area contributed by atoms with Crippen LogP contribution in [0, 0.1) is 5.92 Å². The largest absolute Gasteiger partial charge is 0.342 e. The van der Waals surface area contributed by atoms with Crippen LogP contribution in [0.4, 0.5) is 0 Å².